The van der Waals surface area contributed by atoms with Crippen LogP contribution in [0.25, 0.3) is 0 Å². The van der Waals surface area contributed by atoms with Crippen molar-refractivity contribution in [1.29, 1.82) is 0 Å². The molecule has 0 amide bonds. The number of anilines is 1. The van der Waals surface area contributed by atoms with Gasteiger partial charge < -0.3 is 5.32 Å². The molecule has 1 N–H and O–H groups in total. The Labute approximate surface area is 105 Å². The predicted octanol–water partition coefficient (Wildman–Crippen LogP) is 4.45. The normalized spacial score (nSPS) is 12.2. The van der Waals surface area contributed by atoms with Crippen LogP contribution >= 0.6 is 0 Å². The topological polar surface area (TPSA) is 12.0 Å². The Hall–Kier alpha value is -1.90. The lowest BCUT2D eigenvalue weighted by Crippen LogP contribution is -2.08. The van der Waals surface area contributed by atoms with E-state index >= 15 is 0 Å². The summed E-state index contributed by atoms with van der Waals surface area (Å²) in [5, 5.41) is 3.22. The molecular weight excluding hydrogens is 232 g/mol. The zero-order valence-corrected chi connectivity index (χ0v) is 10.4. The van der Waals surface area contributed by atoms with Crippen molar-refractivity contribution in [2.24, 2.45) is 0 Å². The van der Waals surface area contributed by atoms with E-state index in [0.29, 0.717) is 5.56 Å². The zero-order valence-electron chi connectivity index (χ0n) is 10.4. The van der Waals surface area contributed by atoms with Crippen LogP contribution < -0.4 is 5.32 Å². The molecule has 1 atom stereocenters. The first-order chi connectivity index (χ1) is 8.58. The molecule has 0 bridgehead atoms. The molecule has 0 aromatic heterocycles. The number of hydrogen-bond acceptors (Lipinski definition) is 1. The van der Waals surface area contributed by atoms with E-state index in [2.05, 4.69) is 5.32 Å². The van der Waals surface area contributed by atoms with Crippen molar-refractivity contribution in [3.05, 3.63) is 65.2 Å². The van der Waals surface area contributed by atoms with Gasteiger partial charge in [-0.1, -0.05) is 18.2 Å². The molecule has 1 nitrogen and oxygen atoms in total. The molecule has 94 valence electrons. The fraction of sp³-hybridized carbons (Fsp3) is 0.200. The maximum atomic E-state index is 13.4. The first-order valence-electron chi connectivity index (χ1n) is 5.85. The van der Waals surface area contributed by atoms with Crippen LogP contribution in [0.15, 0.2) is 42.5 Å². The monoisotopic (exact) mass is 247 g/mol. The maximum Gasteiger partial charge on any atom is 0.128 e. The first kappa shape index (κ1) is 12.6. The van der Waals surface area contributed by atoms with E-state index in [4.69, 9.17) is 0 Å². The summed E-state index contributed by atoms with van der Waals surface area (Å²) in [5.41, 5.74) is 2.30. The molecule has 2 aromatic rings. The van der Waals surface area contributed by atoms with Crippen LogP contribution in [0.3, 0.4) is 0 Å². The van der Waals surface area contributed by atoms with Crippen LogP contribution in [-0.4, -0.2) is 0 Å². The van der Waals surface area contributed by atoms with E-state index in [9.17, 15) is 8.78 Å². The second-order valence-electron chi connectivity index (χ2n) is 4.33. The number of halogens is 2. The quantitative estimate of drug-likeness (QED) is 0.845. The van der Waals surface area contributed by atoms with Gasteiger partial charge in [0.05, 0.1) is 0 Å². The van der Waals surface area contributed by atoms with E-state index in [1.165, 1.54) is 18.2 Å². The van der Waals surface area contributed by atoms with Gasteiger partial charge in [0.1, 0.15) is 11.6 Å². The molecule has 0 radical (unpaired) electrons. The summed E-state index contributed by atoms with van der Waals surface area (Å²) in [7, 11) is 0. The SMILES string of the molecule is Cc1c(F)cccc1NC(C)c1ccc(F)cc1. The minimum Gasteiger partial charge on any atom is -0.378 e. The largest absolute Gasteiger partial charge is 0.378 e. The lowest BCUT2D eigenvalue weighted by Gasteiger charge is -2.17. The highest BCUT2D eigenvalue weighted by Gasteiger charge is 2.08. The fourth-order valence-corrected chi connectivity index (χ4v) is 1.83. The molecular formula is C15H15F2N. The Kier molecular flexibility index (Phi) is 3.60. The van der Waals surface area contributed by atoms with Gasteiger partial charge in [-0.05, 0) is 43.7 Å². The lowest BCUT2D eigenvalue weighted by molar-refractivity contribution is 0.618. The average molecular weight is 247 g/mol. The van der Waals surface area contributed by atoms with Gasteiger partial charge >= 0.3 is 0 Å². The Morgan fingerprint density at radius 2 is 1.67 bits per heavy atom. The van der Waals surface area contributed by atoms with Crippen molar-refractivity contribution in [1.82, 2.24) is 0 Å². The second kappa shape index (κ2) is 5.17. The molecule has 3 heteroatoms. The van der Waals surface area contributed by atoms with Crippen molar-refractivity contribution in [2.45, 2.75) is 19.9 Å². The van der Waals surface area contributed by atoms with Crippen LogP contribution in [0.2, 0.25) is 0 Å². The van der Waals surface area contributed by atoms with Crippen LogP contribution in [0.4, 0.5) is 14.5 Å². The van der Waals surface area contributed by atoms with E-state index in [1.54, 1.807) is 25.1 Å². The molecule has 0 heterocycles. The van der Waals surface area contributed by atoms with E-state index < -0.39 is 0 Å². The Balaban J connectivity index is 2.18. The first-order valence-corrected chi connectivity index (χ1v) is 5.85. The summed E-state index contributed by atoms with van der Waals surface area (Å²) in [4.78, 5) is 0. The van der Waals surface area contributed by atoms with E-state index in [-0.39, 0.29) is 17.7 Å². The molecule has 18 heavy (non-hydrogen) atoms. The summed E-state index contributed by atoms with van der Waals surface area (Å²) < 4.78 is 26.2. The van der Waals surface area contributed by atoms with Crippen LogP contribution in [0.5, 0.6) is 0 Å². The molecule has 2 aromatic carbocycles. The van der Waals surface area contributed by atoms with Gasteiger partial charge in [0.2, 0.25) is 0 Å². The average Bonchev–Trinajstić information content (AvgIpc) is 2.36. The van der Waals surface area contributed by atoms with Gasteiger partial charge in [0.25, 0.3) is 0 Å². The summed E-state index contributed by atoms with van der Waals surface area (Å²) in [6, 6.07) is 11.2. The summed E-state index contributed by atoms with van der Waals surface area (Å²) in [6.45, 7) is 3.69. The van der Waals surface area contributed by atoms with Crippen LogP contribution in [-0.2, 0) is 0 Å². The van der Waals surface area contributed by atoms with Gasteiger partial charge in [-0.25, -0.2) is 8.78 Å². The molecule has 0 aliphatic carbocycles. The van der Waals surface area contributed by atoms with Crippen LogP contribution in [0.1, 0.15) is 24.1 Å². The van der Waals surface area contributed by atoms with Crippen molar-refractivity contribution in [3.8, 4) is 0 Å². The smallest absolute Gasteiger partial charge is 0.128 e. The molecule has 0 saturated carbocycles. The summed E-state index contributed by atoms with van der Waals surface area (Å²) in [6.07, 6.45) is 0. The molecule has 0 spiro atoms. The minimum absolute atomic E-state index is 0.00824. The van der Waals surface area contributed by atoms with Gasteiger partial charge in [-0.3, -0.25) is 0 Å². The summed E-state index contributed by atoms with van der Waals surface area (Å²) in [5.74, 6) is -0.487. The molecule has 2 rings (SSSR count). The number of hydrogen-bond donors (Lipinski definition) is 1. The maximum absolute atomic E-state index is 13.4. The van der Waals surface area contributed by atoms with Crippen LogP contribution in [0, 0.1) is 18.6 Å². The predicted molar refractivity (Wildman–Crippen MR) is 69.6 cm³/mol. The Bertz CT molecular complexity index is 535. The Morgan fingerprint density at radius 3 is 2.33 bits per heavy atom. The third kappa shape index (κ3) is 2.67. The highest BCUT2D eigenvalue weighted by atomic mass is 19.1. The molecule has 1 unspecified atom stereocenters. The number of benzene rings is 2. The highest BCUT2D eigenvalue weighted by Crippen LogP contribution is 2.23. The van der Waals surface area contributed by atoms with E-state index in [1.807, 2.05) is 13.0 Å². The van der Waals surface area contributed by atoms with Crippen molar-refractivity contribution in [3.63, 3.8) is 0 Å². The van der Waals surface area contributed by atoms with Gasteiger partial charge in [-0.2, -0.15) is 0 Å². The highest BCUT2D eigenvalue weighted by molar-refractivity contribution is 5.52. The third-order valence-electron chi connectivity index (χ3n) is 3.01. The van der Waals surface area contributed by atoms with Crippen molar-refractivity contribution >= 4 is 5.69 Å². The van der Waals surface area contributed by atoms with E-state index in [0.717, 1.165) is 11.3 Å². The summed E-state index contributed by atoms with van der Waals surface area (Å²) >= 11 is 0. The standard InChI is InChI=1S/C15H15F2N/c1-10-14(17)4-3-5-15(10)18-11(2)12-6-8-13(16)9-7-12/h3-9,11,18H,1-2H3. The minimum atomic E-state index is -0.257. The lowest BCUT2D eigenvalue weighted by atomic mass is 10.1. The Morgan fingerprint density at radius 1 is 1.00 bits per heavy atom. The third-order valence-corrected chi connectivity index (χ3v) is 3.01. The van der Waals surface area contributed by atoms with Crippen molar-refractivity contribution in [2.75, 3.05) is 5.32 Å². The molecule has 0 aliphatic rings. The van der Waals surface area contributed by atoms with Gasteiger partial charge in [0, 0.05) is 17.3 Å². The molecule has 0 fully saturated rings. The molecule has 0 aliphatic heterocycles. The zero-order chi connectivity index (χ0) is 13.1. The van der Waals surface area contributed by atoms with Crippen molar-refractivity contribution < 1.29 is 8.78 Å². The van der Waals surface area contributed by atoms with Gasteiger partial charge in [-0.15, -0.1) is 0 Å². The second-order valence-corrected chi connectivity index (χ2v) is 4.33. The number of rotatable bonds is 3. The van der Waals surface area contributed by atoms with Gasteiger partial charge in [0.15, 0.2) is 0 Å². The fourth-order valence-electron chi connectivity index (χ4n) is 1.83. The molecule has 0 saturated heterocycles. The number of nitrogens with one attached hydrogen (secondary N) is 1.